The van der Waals surface area contributed by atoms with Crippen molar-refractivity contribution in [3.8, 4) is 5.75 Å². The second-order valence-corrected chi connectivity index (χ2v) is 8.34. The van der Waals surface area contributed by atoms with Crippen LogP contribution >= 0.6 is 34.8 Å². The number of carbonyl (C=O) groups is 3. The van der Waals surface area contributed by atoms with Gasteiger partial charge in [0.15, 0.2) is 0 Å². The molecule has 0 spiro atoms. The molecule has 0 radical (unpaired) electrons. The maximum absolute atomic E-state index is 13.1. The molecular weight excluding hydrogens is 487 g/mol. The Morgan fingerprint density at radius 3 is 2.27 bits per heavy atom. The lowest BCUT2D eigenvalue weighted by atomic mass is 10.1. The summed E-state index contributed by atoms with van der Waals surface area (Å²) < 4.78 is 5.89. The summed E-state index contributed by atoms with van der Waals surface area (Å²) in [6, 6.07) is 17.2. The van der Waals surface area contributed by atoms with E-state index in [1.807, 2.05) is 6.07 Å². The van der Waals surface area contributed by atoms with Crippen molar-refractivity contribution in [1.82, 2.24) is 5.32 Å². The lowest BCUT2D eigenvalue weighted by Gasteiger charge is -2.26. The fourth-order valence-electron chi connectivity index (χ4n) is 3.19. The van der Waals surface area contributed by atoms with Crippen LogP contribution < -0.4 is 15.0 Å². The van der Waals surface area contributed by atoms with E-state index in [4.69, 9.17) is 39.5 Å². The molecule has 33 heavy (non-hydrogen) atoms. The van der Waals surface area contributed by atoms with Gasteiger partial charge in [0.25, 0.3) is 11.8 Å². The molecule has 6 nitrogen and oxygen atoms in total. The number of nitrogens with zero attached hydrogens (tertiary/aromatic N) is 1. The summed E-state index contributed by atoms with van der Waals surface area (Å²) in [7, 11) is 0. The maximum atomic E-state index is 13.1. The van der Waals surface area contributed by atoms with Crippen LogP contribution in [-0.2, 0) is 16.2 Å². The smallest absolute Gasteiger partial charge is 0.335 e. The number of carbonyl (C=O) groups excluding carboxylic acids is 3. The van der Waals surface area contributed by atoms with Gasteiger partial charge in [0.2, 0.25) is 0 Å². The van der Waals surface area contributed by atoms with Crippen molar-refractivity contribution >= 4 is 64.4 Å². The molecule has 3 aromatic carbocycles. The van der Waals surface area contributed by atoms with E-state index in [0.717, 1.165) is 10.5 Å². The summed E-state index contributed by atoms with van der Waals surface area (Å²) in [6.07, 6.45) is 1.34. The molecule has 0 bridgehead atoms. The third kappa shape index (κ3) is 5.20. The van der Waals surface area contributed by atoms with Gasteiger partial charge in [-0.25, -0.2) is 9.69 Å². The van der Waals surface area contributed by atoms with E-state index in [9.17, 15) is 14.4 Å². The van der Waals surface area contributed by atoms with Crippen molar-refractivity contribution in [1.29, 1.82) is 0 Å². The van der Waals surface area contributed by atoms with Gasteiger partial charge in [0, 0.05) is 20.6 Å². The molecule has 1 saturated heterocycles. The van der Waals surface area contributed by atoms with Crippen molar-refractivity contribution in [2.75, 3.05) is 4.90 Å². The van der Waals surface area contributed by atoms with Crippen molar-refractivity contribution in [2.45, 2.75) is 6.61 Å². The first-order valence-electron chi connectivity index (χ1n) is 9.65. The Hall–Kier alpha value is -3.32. The molecule has 166 valence electrons. The van der Waals surface area contributed by atoms with E-state index in [-0.39, 0.29) is 17.9 Å². The number of nitrogens with one attached hydrogen (secondary N) is 1. The molecule has 0 unspecified atom stereocenters. The number of rotatable bonds is 5. The van der Waals surface area contributed by atoms with Crippen LogP contribution in [0.2, 0.25) is 15.1 Å². The summed E-state index contributed by atoms with van der Waals surface area (Å²) in [5.74, 6) is -1.22. The third-order valence-corrected chi connectivity index (χ3v) is 5.46. The van der Waals surface area contributed by atoms with E-state index in [0.29, 0.717) is 26.4 Å². The Morgan fingerprint density at radius 1 is 0.848 bits per heavy atom. The molecular formula is C24H15Cl3N2O4. The number of hydrogen-bond acceptors (Lipinski definition) is 4. The largest absolute Gasteiger partial charge is 0.488 e. The number of halogens is 3. The van der Waals surface area contributed by atoms with Crippen LogP contribution in [0.5, 0.6) is 5.75 Å². The lowest BCUT2D eigenvalue weighted by molar-refractivity contribution is -0.122. The minimum absolute atomic E-state index is 0.202. The average Bonchev–Trinajstić information content (AvgIpc) is 2.77. The van der Waals surface area contributed by atoms with Crippen LogP contribution in [0.3, 0.4) is 0 Å². The number of imide groups is 2. The highest BCUT2D eigenvalue weighted by Crippen LogP contribution is 2.29. The van der Waals surface area contributed by atoms with Crippen LogP contribution in [-0.4, -0.2) is 17.8 Å². The first-order valence-corrected chi connectivity index (χ1v) is 10.8. The number of ether oxygens (including phenoxy) is 1. The zero-order valence-corrected chi connectivity index (χ0v) is 19.1. The molecule has 4 rings (SSSR count). The van der Waals surface area contributed by atoms with Gasteiger partial charge in [0.05, 0.1) is 5.69 Å². The molecule has 0 aromatic heterocycles. The number of barbiturate groups is 1. The van der Waals surface area contributed by atoms with E-state index in [1.54, 1.807) is 36.4 Å². The van der Waals surface area contributed by atoms with E-state index in [2.05, 4.69) is 5.32 Å². The molecule has 4 amide bonds. The minimum Gasteiger partial charge on any atom is -0.488 e. The number of hydrogen-bond donors (Lipinski definition) is 1. The first kappa shape index (κ1) is 22.9. The maximum Gasteiger partial charge on any atom is 0.335 e. The molecule has 9 heteroatoms. The Labute approximate surface area is 204 Å². The van der Waals surface area contributed by atoms with Crippen molar-refractivity contribution in [3.63, 3.8) is 0 Å². The van der Waals surface area contributed by atoms with Crippen LogP contribution in [0.1, 0.15) is 11.1 Å². The second kappa shape index (κ2) is 9.67. The van der Waals surface area contributed by atoms with E-state index < -0.39 is 17.8 Å². The molecule has 3 aromatic rings. The van der Waals surface area contributed by atoms with Gasteiger partial charge >= 0.3 is 6.03 Å². The highest BCUT2D eigenvalue weighted by molar-refractivity contribution is 6.39. The Kier molecular flexibility index (Phi) is 6.70. The Bertz CT molecular complexity index is 1290. The molecule has 0 atom stereocenters. The Balaban J connectivity index is 1.67. The van der Waals surface area contributed by atoms with Crippen LogP contribution in [0.25, 0.3) is 6.08 Å². The molecule has 1 fully saturated rings. The monoisotopic (exact) mass is 500 g/mol. The number of amides is 4. The molecule has 1 aliphatic rings. The van der Waals surface area contributed by atoms with Gasteiger partial charge in [-0.3, -0.25) is 14.9 Å². The fraction of sp³-hybridized carbons (Fsp3) is 0.0417. The summed E-state index contributed by atoms with van der Waals surface area (Å²) in [5, 5.41) is 3.58. The van der Waals surface area contributed by atoms with Gasteiger partial charge in [-0.05, 0) is 66.2 Å². The van der Waals surface area contributed by atoms with Crippen LogP contribution in [0, 0.1) is 0 Å². The minimum atomic E-state index is -0.854. The standard InChI is InChI=1S/C24H15Cl3N2O4/c25-16-4-7-19(8-5-16)29-23(31)20(22(30)28-24(29)32)12-15-11-18(27)6-9-21(15)33-13-14-2-1-3-17(26)10-14/h1-12H,13H2,(H,28,30,32)/b20-12+. The van der Waals surface area contributed by atoms with Crippen LogP contribution in [0.15, 0.2) is 72.3 Å². The van der Waals surface area contributed by atoms with Crippen molar-refractivity contribution < 1.29 is 19.1 Å². The van der Waals surface area contributed by atoms with Crippen molar-refractivity contribution in [3.05, 3.63) is 98.5 Å². The highest BCUT2D eigenvalue weighted by atomic mass is 35.5. The second-order valence-electron chi connectivity index (χ2n) is 7.04. The van der Waals surface area contributed by atoms with Gasteiger partial charge in [-0.15, -0.1) is 0 Å². The lowest BCUT2D eigenvalue weighted by Crippen LogP contribution is -2.54. The zero-order valence-electron chi connectivity index (χ0n) is 16.8. The Morgan fingerprint density at radius 2 is 1.55 bits per heavy atom. The molecule has 1 N–H and O–H groups in total. The predicted octanol–water partition coefficient (Wildman–Crippen LogP) is 5.89. The van der Waals surface area contributed by atoms with Crippen molar-refractivity contribution in [2.24, 2.45) is 0 Å². The zero-order chi connectivity index (χ0) is 23.5. The van der Waals surface area contributed by atoms with Crippen LogP contribution in [0.4, 0.5) is 10.5 Å². The number of urea groups is 1. The molecule has 0 aliphatic carbocycles. The fourth-order valence-corrected chi connectivity index (χ4v) is 3.71. The summed E-state index contributed by atoms with van der Waals surface area (Å²) in [6.45, 7) is 0.202. The predicted molar refractivity (Wildman–Crippen MR) is 128 cm³/mol. The van der Waals surface area contributed by atoms with E-state index in [1.165, 1.54) is 30.3 Å². The van der Waals surface area contributed by atoms with E-state index >= 15 is 0 Å². The summed E-state index contributed by atoms with van der Waals surface area (Å²) in [4.78, 5) is 38.8. The quantitative estimate of drug-likeness (QED) is 0.349. The van der Waals surface area contributed by atoms with Gasteiger partial charge in [0.1, 0.15) is 17.9 Å². The number of anilines is 1. The summed E-state index contributed by atoms with van der Waals surface area (Å²) >= 11 is 18.1. The summed E-state index contributed by atoms with van der Waals surface area (Å²) in [5.41, 5.74) is 1.25. The normalized spacial score (nSPS) is 15.1. The topological polar surface area (TPSA) is 75.7 Å². The average molecular weight is 502 g/mol. The van der Waals surface area contributed by atoms with Gasteiger partial charge in [-0.2, -0.15) is 0 Å². The SMILES string of the molecule is O=C1NC(=O)N(c2ccc(Cl)cc2)C(=O)/C1=C/c1cc(Cl)ccc1OCc1cccc(Cl)c1. The molecule has 0 saturated carbocycles. The highest BCUT2D eigenvalue weighted by Gasteiger charge is 2.37. The third-order valence-electron chi connectivity index (χ3n) is 4.74. The molecule has 1 aliphatic heterocycles. The molecule has 1 heterocycles. The van der Waals surface area contributed by atoms with Gasteiger partial charge in [-0.1, -0.05) is 46.9 Å². The first-order chi connectivity index (χ1) is 15.8. The number of benzene rings is 3. The van der Waals surface area contributed by atoms with Gasteiger partial charge < -0.3 is 4.74 Å².